The molecule has 130 valence electrons. The number of fused-ring (bicyclic) bond motifs is 1. The smallest absolute Gasteiger partial charge is 0.303 e. The van der Waals surface area contributed by atoms with E-state index in [9.17, 15) is 14.4 Å². The van der Waals surface area contributed by atoms with E-state index >= 15 is 0 Å². The Labute approximate surface area is 141 Å². The van der Waals surface area contributed by atoms with Gasteiger partial charge in [0.1, 0.15) is 0 Å². The predicted octanol–water partition coefficient (Wildman–Crippen LogP) is 2.12. The van der Waals surface area contributed by atoms with Gasteiger partial charge in [0.15, 0.2) is 0 Å². The second kappa shape index (κ2) is 9.05. The highest BCUT2D eigenvalue weighted by atomic mass is 16.4. The first-order valence-corrected chi connectivity index (χ1v) is 8.44. The molecule has 24 heavy (non-hydrogen) atoms. The highest BCUT2D eigenvalue weighted by molar-refractivity contribution is 5.95. The number of carboxylic acid groups (broad SMARTS) is 1. The second-order valence-corrected chi connectivity index (χ2v) is 5.98. The standard InChI is InChI=1S/C18H24N2O4/c21-16(8-3-4-10-18(23)24)19-12-5-9-17(22)20-13-11-14-6-1-2-7-15(14)20/h1-2,6-7H,3-5,8-13H2,(H,19,21)(H,23,24). The largest absolute Gasteiger partial charge is 0.481 e. The normalized spacial score (nSPS) is 12.8. The van der Waals surface area contributed by atoms with Crippen molar-refractivity contribution in [2.75, 3.05) is 18.0 Å². The van der Waals surface area contributed by atoms with Gasteiger partial charge < -0.3 is 15.3 Å². The SMILES string of the molecule is O=C(O)CCCCC(=O)NCCCC(=O)N1CCc2ccccc21. The summed E-state index contributed by atoms with van der Waals surface area (Å²) in [5, 5.41) is 11.3. The van der Waals surface area contributed by atoms with Crippen LogP contribution in [-0.4, -0.2) is 36.0 Å². The molecule has 0 radical (unpaired) electrons. The number of nitrogens with zero attached hydrogens (tertiary/aromatic N) is 1. The van der Waals surface area contributed by atoms with Crippen molar-refractivity contribution < 1.29 is 19.5 Å². The monoisotopic (exact) mass is 332 g/mol. The molecule has 0 saturated heterocycles. The molecule has 0 saturated carbocycles. The molecule has 2 N–H and O–H groups in total. The lowest BCUT2D eigenvalue weighted by Crippen LogP contribution is -2.30. The molecular formula is C18H24N2O4. The third-order valence-corrected chi connectivity index (χ3v) is 4.12. The van der Waals surface area contributed by atoms with E-state index in [0.717, 1.165) is 18.7 Å². The Morgan fingerprint density at radius 3 is 2.58 bits per heavy atom. The Morgan fingerprint density at radius 2 is 1.79 bits per heavy atom. The number of carboxylic acids is 1. The fourth-order valence-electron chi connectivity index (χ4n) is 2.85. The van der Waals surface area contributed by atoms with Gasteiger partial charge in [0.25, 0.3) is 0 Å². The van der Waals surface area contributed by atoms with Gasteiger partial charge in [-0.2, -0.15) is 0 Å². The quantitative estimate of drug-likeness (QED) is 0.678. The lowest BCUT2D eigenvalue weighted by Gasteiger charge is -2.17. The highest BCUT2D eigenvalue weighted by Crippen LogP contribution is 2.27. The van der Waals surface area contributed by atoms with Crippen LogP contribution < -0.4 is 10.2 Å². The number of para-hydroxylation sites is 1. The summed E-state index contributed by atoms with van der Waals surface area (Å²) in [5.41, 5.74) is 2.21. The molecule has 0 bridgehead atoms. The minimum atomic E-state index is -0.836. The van der Waals surface area contributed by atoms with Gasteiger partial charge in [0.2, 0.25) is 11.8 Å². The maximum absolute atomic E-state index is 12.3. The van der Waals surface area contributed by atoms with Gasteiger partial charge in [-0.3, -0.25) is 14.4 Å². The van der Waals surface area contributed by atoms with Crippen molar-refractivity contribution in [3.05, 3.63) is 29.8 Å². The van der Waals surface area contributed by atoms with Crippen LogP contribution in [0.1, 0.15) is 44.1 Å². The minimum Gasteiger partial charge on any atom is -0.481 e. The van der Waals surface area contributed by atoms with E-state index in [1.54, 1.807) is 0 Å². The first kappa shape index (κ1) is 18.0. The molecule has 1 aromatic carbocycles. The molecule has 2 amide bonds. The van der Waals surface area contributed by atoms with Crippen LogP contribution in [0.4, 0.5) is 5.69 Å². The topological polar surface area (TPSA) is 86.7 Å². The summed E-state index contributed by atoms with van der Waals surface area (Å²) in [6.45, 7) is 1.20. The Bertz CT molecular complexity index is 600. The molecular weight excluding hydrogens is 308 g/mol. The molecule has 2 rings (SSSR count). The van der Waals surface area contributed by atoms with Crippen molar-refractivity contribution in [2.45, 2.75) is 44.9 Å². The van der Waals surface area contributed by atoms with E-state index in [1.807, 2.05) is 29.2 Å². The van der Waals surface area contributed by atoms with E-state index in [1.165, 1.54) is 5.56 Å². The van der Waals surface area contributed by atoms with Crippen molar-refractivity contribution in [2.24, 2.45) is 0 Å². The molecule has 0 unspecified atom stereocenters. The summed E-state index contributed by atoms with van der Waals surface area (Å²) in [5.74, 6) is -0.826. The molecule has 0 fully saturated rings. The number of carbonyl (C=O) groups excluding carboxylic acids is 2. The Balaban J connectivity index is 1.60. The van der Waals surface area contributed by atoms with Crippen LogP contribution >= 0.6 is 0 Å². The van der Waals surface area contributed by atoms with Crippen molar-refractivity contribution >= 4 is 23.5 Å². The first-order valence-electron chi connectivity index (χ1n) is 8.44. The summed E-state index contributed by atoms with van der Waals surface area (Å²) < 4.78 is 0. The third kappa shape index (κ3) is 5.37. The number of carbonyl (C=O) groups is 3. The van der Waals surface area contributed by atoms with Gasteiger partial charge >= 0.3 is 5.97 Å². The number of unbranched alkanes of at least 4 members (excludes halogenated alkanes) is 1. The lowest BCUT2D eigenvalue weighted by atomic mass is 10.2. The molecule has 1 aliphatic heterocycles. The van der Waals surface area contributed by atoms with E-state index < -0.39 is 5.97 Å². The van der Waals surface area contributed by atoms with Crippen molar-refractivity contribution in [1.29, 1.82) is 0 Å². The number of amides is 2. The van der Waals surface area contributed by atoms with E-state index in [-0.39, 0.29) is 18.2 Å². The van der Waals surface area contributed by atoms with Gasteiger partial charge in [-0.1, -0.05) is 18.2 Å². The van der Waals surface area contributed by atoms with Crippen LogP contribution in [0.25, 0.3) is 0 Å². The molecule has 0 atom stereocenters. The van der Waals surface area contributed by atoms with Crippen molar-refractivity contribution in [3.63, 3.8) is 0 Å². The number of benzene rings is 1. The molecule has 0 aliphatic carbocycles. The van der Waals surface area contributed by atoms with Crippen molar-refractivity contribution in [1.82, 2.24) is 5.32 Å². The molecule has 6 nitrogen and oxygen atoms in total. The highest BCUT2D eigenvalue weighted by Gasteiger charge is 2.23. The molecule has 0 aromatic heterocycles. The number of rotatable bonds is 9. The van der Waals surface area contributed by atoms with E-state index in [4.69, 9.17) is 5.11 Å². The van der Waals surface area contributed by atoms with Gasteiger partial charge in [-0.25, -0.2) is 0 Å². The predicted molar refractivity (Wildman–Crippen MR) is 90.8 cm³/mol. The zero-order valence-electron chi connectivity index (χ0n) is 13.8. The summed E-state index contributed by atoms with van der Waals surface area (Å²) >= 11 is 0. The number of anilines is 1. The van der Waals surface area contributed by atoms with Crippen LogP contribution in [0.2, 0.25) is 0 Å². The lowest BCUT2D eigenvalue weighted by molar-refractivity contribution is -0.137. The van der Waals surface area contributed by atoms with Gasteiger partial charge in [-0.15, -0.1) is 0 Å². The molecule has 0 spiro atoms. The molecule has 1 aromatic rings. The summed E-state index contributed by atoms with van der Waals surface area (Å²) in [4.78, 5) is 36.1. The van der Waals surface area contributed by atoms with Gasteiger partial charge in [0, 0.05) is 38.0 Å². The maximum atomic E-state index is 12.3. The second-order valence-electron chi connectivity index (χ2n) is 5.98. The average molecular weight is 332 g/mol. The number of hydrogen-bond donors (Lipinski definition) is 2. The number of nitrogens with one attached hydrogen (secondary N) is 1. The summed E-state index contributed by atoms with van der Waals surface area (Å²) in [6, 6.07) is 7.94. The molecule has 6 heteroatoms. The van der Waals surface area contributed by atoms with E-state index in [2.05, 4.69) is 5.32 Å². The minimum absolute atomic E-state index is 0.0839. The zero-order chi connectivity index (χ0) is 17.4. The third-order valence-electron chi connectivity index (χ3n) is 4.12. The first-order chi connectivity index (χ1) is 11.6. The van der Waals surface area contributed by atoms with Gasteiger partial charge in [-0.05, 0) is 37.3 Å². The fraction of sp³-hybridized carbons (Fsp3) is 0.500. The summed E-state index contributed by atoms with van der Waals surface area (Å²) in [6.07, 6.45) is 3.43. The van der Waals surface area contributed by atoms with Crippen LogP contribution in [0, 0.1) is 0 Å². The Morgan fingerprint density at radius 1 is 1.04 bits per heavy atom. The Kier molecular flexibility index (Phi) is 6.78. The van der Waals surface area contributed by atoms with Crippen molar-refractivity contribution in [3.8, 4) is 0 Å². The van der Waals surface area contributed by atoms with Gasteiger partial charge in [0.05, 0.1) is 0 Å². The number of hydrogen-bond acceptors (Lipinski definition) is 3. The average Bonchev–Trinajstić information content (AvgIpc) is 2.99. The zero-order valence-corrected chi connectivity index (χ0v) is 13.8. The maximum Gasteiger partial charge on any atom is 0.303 e. The molecule has 1 aliphatic rings. The Hall–Kier alpha value is -2.37. The van der Waals surface area contributed by atoms with E-state index in [0.29, 0.717) is 38.6 Å². The number of aliphatic carboxylic acids is 1. The van der Waals surface area contributed by atoms with Crippen LogP contribution in [0.3, 0.4) is 0 Å². The van der Waals surface area contributed by atoms with Crippen LogP contribution in [0.5, 0.6) is 0 Å². The van der Waals surface area contributed by atoms with Crippen LogP contribution in [-0.2, 0) is 20.8 Å². The molecule has 1 heterocycles. The summed E-state index contributed by atoms with van der Waals surface area (Å²) in [7, 11) is 0. The fourth-order valence-corrected chi connectivity index (χ4v) is 2.85. The van der Waals surface area contributed by atoms with Crippen LogP contribution in [0.15, 0.2) is 24.3 Å².